The summed E-state index contributed by atoms with van der Waals surface area (Å²) in [5.74, 6) is 0.0303. The van der Waals surface area contributed by atoms with E-state index in [0.29, 0.717) is 33.3 Å². The topological polar surface area (TPSA) is 106 Å². The fourth-order valence-corrected chi connectivity index (χ4v) is 3.83. The molecule has 0 fully saturated rings. The van der Waals surface area contributed by atoms with Gasteiger partial charge in [-0.2, -0.15) is 0 Å². The average molecular weight is 480 g/mol. The van der Waals surface area contributed by atoms with E-state index in [-0.39, 0.29) is 30.1 Å². The van der Waals surface area contributed by atoms with E-state index in [0.717, 1.165) is 0 Å². The normalized spacial score (nSPS) is 10.3. The number of hydrogen-bond donors (Lipinski definition) is 3. The van der Waals surface area contributed by atoms with Crippen LogP contribution in [0.15, 0.2) is 77.7 Å². The molecule has 8 nitrogen and oxygen atoms in total. The van der Waals surface area contributed by atoms with Crippen molar-refractivity contribution in [3.8, 4) is 5.75 Å². The standard InChI is InChI=1S/C25H25N3O5S/c1-32-15-23(29)26-17-10-12-18(13-11-17)28-25(31)21-8-3-4-9-22(21)34-16-24(30)27-19-6-5-7-20(14-19)33-2/h3-14H,15-16H2,1-2H3,(H,26,29)(H,27,30)(H,28,31). The van der Waals surface area contributed by atoms with Gasteiger partial charge in [0.25, 0.3) is 5.91 Å². The molecule has 0 atom stereocenters. The summed E-state index contributed by atoms with van der Waals surface area (Å²) in [6.45, 7) is -0.0372. The summed E-state index contributed by atoms with van der Waals surface area (Å²) < 4.78 is 9.95. The maximum atomic E-state index is 12.9. The number of ether oxygens (including phenoxy) is 2. The van der Waals surface area contributed by atoms with Crippen molar-refractivity contribution in [2.45, 2.75) is 4.90 Å². The van der Waals surface area contributed by atoms with Crippen LogP contribution in [0.1, 0.15) is 10.4 Å². The molecule has 0 spiro atoms. The SMILES string of the molecule is COCC(=O)Nc1ccc(NC(=O)c2ccccc2SCC(=O)Nc2cccc(OC)c2)cc1. The molecule has 3 aromatic rings. The largest absolute Gasteiger partial charge is 0.497 e. The van der Waals surface area contributed by atoms with Crippen LogP contribution in [0.5, 0.6) is 5.75 Å². The first kappa shape index (κ1) is 24.8. The van der Waals surface area contributed by atoms with Crippen molar-refractivity contribution >= 4 is 46.5 Å². The summed E-state index contributed by atoms with van der Waals surface area (Å²) in [4.78, 5) is 37.5. The lowest BCUT2D eigenvalue weighted by atomic mass is 10.2. The van der Waals surface area contributed by atoms with Crippen LogP contribution in [0.4, 0.5) is 17.1 Å². The van der Waals surface area contributed by atoms with Crippen molar-refractivity contribution in [3.63, 3.8) is 0 Å². The van der Waals surface area contributed by atoms with Gasteiger partial charge in [-0.25, -0.2) is 0 Å². The monoisotopic (exact) mass is 479 g/mol. The van der Waals surface area contributed by atoms with Gasteiger partial charge in [0.1, 0.15) is 12.4 Å². The molecule has 0 aliphatic rings. The molecule has 9 heteroatoms. The Labute approximate surface area is 202 Å². The van der Waals surface area contributed by atoms with E-state index >= 15 is 0 Å². The summed E-state index contributed by atoms with van der Waals surface area (Å²) in [6, 6.07) is 20.9. The van der Waals surface area contributed by atoms with E-state index in [1.54, 1.807) is 73.8 Å². The fraction of sp³-hybridized carbons (Fsp3) is 0.160. The number of rotatable bonds is 10. The van der Waals surface area contributed by atoms with Crippen LogP contribution in [0.2, 0.25) is 0 Å². The summed E-state index contributed by atoms with van der Waals surface area (Å²) in [7, 11) is 3.01. The van der Waals surface area contributed by atoms with Crippen molar-refractivity contribution in [2.24, 2.45) is 0 Å². The number of hydrogen-bond acceptors (Lipinski definition) is 6. The van der Waals surface area contributed by atoms with Crippen molar-refractivity contribution in [2.75, 3.05) is 42.5 Å². The fourth-order valence-electron chi connectivity index (χ4n) is 2.98. The molecule has 0 bridgehead atoms. The van der Waals surface area contributed by atoms with Gasteiger partial charge in [-0.05, 0) is 48.5 Å². The molecule has 34 heavy (non-hydrogen) atoms. The predicted molar refractivity (Wildman–Crippen MR) is 134 cm³/mol. The van der Waals surface area contributed by atoms with Gasteiger partial charge in [-0.1, -0.05) is 18.2 Å². The number of amides is 3. The van der Waals surface area contributed by atoms with E-state index in [1.165, 1.54) is 18.9 Å². The Kier molecular flexibility index (Phi) is 9.07. The molecule has 0 aliphatic heterocycles. The minimum Gasteiger partial charge on any atom is -0.497 e. The quantitative estimate of drug-likeness (QED) is 0.375. The van der Waals surface area contributed by atoms with Gasteiger partial charge >= 0.3 is 0 Å². The van der Waals surface area contributed by atoms with Crippen LogP contribution in [-0.4, -0.2) is 44.3 Å². The zero-order chi connectivity index (χ0) is 24.3. The van der Waals surface area contributed by atoms with Gasteiger partial charge in [-0.15, -0.1) is 11.8 Å². The Bertz CT molecular complexity index is 1150. The Morgan fingerprint density at radius 2 is 1.44 bits per heavy atom. The third-order valence-corrected chi connectivity index (χ3v) is 5.62. The first-order valence-corrected chi connectivity index (χ1v) is 11.3. The van der Waals surface area contributed by atoms with E-state index in [4.69, 9.17) is 9.47 Å². The minimum atomic E-state index is -0.299. The summed E-state index contributed by atoms with van der Waals surface area (Å²) in [5, 5.41) is 8.35. The second kappa shape index (κ2) is 12.4. The third-order valence-electron chi connectivity index (χ3n) is 4.55. The van der Waals surface area contributed by atoms with Crippen LogP contribution in [0, 0.1) is 0 Å². The number of thioether (sulfide) groups is 1. The maximum absolute atomic E-state index is 12.9. The van der Waals surface area contributed by atoms with E-state index < -0.39 is 0 Å². The molecule has 0 unspecified atom stereocenters. The molecule has 3 N–H and O–H groups in total. The Balaban J connectivity index is 1.59. The summed E-state index contributed by atoms with van der Waals surface area (Å²) in [5.41, 5.74) is 2.26. The van der Waals surface area contributed by atoms with Gasteiger partial charge in [0.05, 0.1) is 18.4 Å². The number of benzene rings is 3. The number of carbonyl (C=O) groups excluding carboxylic acids is 3. The number of methoxy groups -OCH3 is 2. The van der Waals surface area contributed by atoms with E-state index in [1.807, 2.05) is 6.07 Å². The minimum absolute atomic E-state index is 0.0372. The molecular weight excluding hydrogens is 454 g/mol. The van der Waals surface area contributed by atoms with Crippen LogP contribution in [-0.2, 0) is 14.3 Å². The Morgan fingerprint density at radius 3 is 2.15 bits per heavy atom. The second-order valence-electron chi connectivity index (χ2n) is 7.08. The van der Waals surface area contributed by atoms with Gasteiger partial charge in [-0.3, -0.25) is 14.4 Å². The van der Waals surface area contributed by atoms with Gasteiger partial charge in [0.2, 0.25) is 11.8 Å². The lowest BCUT2D eigenvalue weighted by molar-refractivity contribution is -0.119. The van der Waals surface area contributed by atoms with E-state index in [2.05, 4.69) is 16.0 Å². The number of nitrogens with one attached hydrogen (secondary N) is 3. The zero-order valence-corrected chi connectivity index (χ0v) is 19.6. The van der Waals surface area contributed by atoms with Crippen molar-refractivity contribution in [1.82, 2.24) is 0 Å². The third kappa shape index (κ3) is 7.36. The molecule has 0 saturated carbocycles. The van der Waals surface area contributed by atoms with E-state index in [9.17, 15) is 14.4 Å². The Hall–Kier alpha value is -3.82. The summed E-state index contributed by atoms with van der Waals surface area (Å²) in [6.07, 6.45) is 0. The lowest BCUT2D eigenvalue weighted by Crippen LogP contribution is -2.17. The van der Waals surface area contributed by atoms with Gasteiger partial charge in [0, 0.05) is 35.1 Å². The number of anilines is 3. The smallest absolute Gasteiger partial charge is 0.256 e. The lowest BCUT2D eigenvalue weighted by Gasteiger charge is -2.11. The van der Waals surface area contributed by atoms with Gasteiger partial charge in [0.15, 0.2) is 0 Å². The summed E-state index contributed by atoms with van der Waals surface area (Å²) >= 11 is 1.27. The van der Waals surface area contributed by atoms with Crippen LogP contribution in [0.3, 0.4) is 0 Å². The molecule has 0 aromatic heterocycles. The predicted octanol–water partition coefficient (Wildman–Crippen LogP) is 4.26. The Morgan fingerprint density at radius 1 is 0.765 bits per heavy atom. The second-order valence-corrected chi connectivity index (χ2v) is 8.09. The van der Waals surface area contributed by atoms with Crippen molar-refractivity contribution in [3.05, 3.63) is 78.4 Å². The highest BCUT2D eigenvalue weighted by Crippen LogP contribution is 2.25. The molecule has 0 saturated heterocycles. The molecular formula is C25H25N3O5S. The molecule has 176 valence electrons. The van der Waals surface area contributed by atoms with Crippen molar-refractivity contribution in [1.29, 1.82) is 0 Å². The highest BCUT2D eigenvalue weighted by Gasteiger charge is 2.14. The van der Waals surface area contributed by atoms with Gasteiger partial charge < -0.3 is 25.4 Å². The molecule has 3 rings (SSSR count). The molecule has 0 radical (unpaired) electrons. The zero-order valence-electron chi connectivity index (χ0n) is 18.8. The highest BCUT2D eigenvalue weighted by atomic mass is 32.2. The molecule has 3 amide bonds. The molecule has 0 aliphatic carbocycles. The van der Waals surface area contributed by atoms with Crippen LogP contribution >= 0.6 is 11.8 Å². The van der Waals surface area contributed by atoms with Crippen LogP contribution < -0.4 is 20.7 Å². The van der Waals surface area contributed by atoms with Crippen molar-refractivity contribution < 1.29 is 23.9 Å². The first-order valence-electron chi connectivity index (χ1n) is 10.3. The average Bonchev–Trinajstić information content (AvgIpc) is 2.84. The van der Waals surface area contributed by atoms with Crippen LogP contribution in [0.25, 0.3) is 0 Å². The molecule has 0 heterocycles. The highest BCUT2D eigenvalue weighted by molar-refractivity contribution is 8.00. The number of carbonyl (C=O) groups is 3. The first-order chi connectivity index (χ1) is 16.5. The molecule has 3 aromatic carbocycles. The maximum Gasteiger partial charge on any atom is 0.256 e.